The predicted octanol–water partition coefficient (Wildman–Crippen LogP) is 2.05. The standard InChI is InChI=1S/C25H34N4O4S/c1-21-4-10-24(11-5-21)34(31,32)29-18-14-26(15-19-29)20-25(30)28-13-3-12-27(16-17-28)22-6-8-23(33-2)9-7-22/h4-11H,3,12-20H2,1-2H3. The first-order chi connectivity index (χ1) is 16.4. The fourth-order valence-corrected chi connectivity index (χ4v) is 5.92. The first kappa shape index (κ1) is 24.5. The van der Waals surface area contributed by atoms with Gasteiger partial charge in [-0.3, -0.25) is 9.69 Å². The van der Waals surface area contributed by atoms with E-state index in [1.807, 2.05) is 36.1 Å². The van der Waals surface area contributed by atoms with E-state index >= 15 is 0 Å². The number of anilines is 1. The molecule has 0 radical (unpaired) electrons. The molecule has 34 heavy (non-hydrogen) atoms. The van der Waals surface area contributed by atoms with Crippen molar-refractivity contribution >= 4 is 21.6 Å². The first-order valence-electron chi connectivity index (χ1n) is 11.8. The van der Waals surface area contributed by atoms with E-state index < -0.39 is 10.0 Å². The molecule has 0 spiro atoms. The van der Waals surface area contributed by atoms with Crippen LogP contribution in [0.1, 0.15) is 12.0 Å². The fourth-order valence-electron chi connectivity index (χ4n) is 4.50. The molecule has 1 amide bonds. The number of ether oxygens (including phenoxy) is 1. The highest BCUT2D eigenvalue weighted by molar-refractivity contribution is 7.89. The van der Waals surface area contributed by atoms with Crippen molar-refractivity contribution in [1.29, 1.82) is 0 Å². The molecule has 2 aliphatic heterocycles. The third kappa shape index (κ3) is 5.71. The summed E-state index contributed by atoms with van der Waals surface area (Å²) in [6.07, 6.45) is 0.917. The van der Waals surface area contributed by atoms with Crippen LogP contribution < -0.4 is 9.64 Å². The van der Waals surface area contributed by atoms with Crippen molar-refractivity contribution < 1.29 is 17.9 Å². The average molecular weight is 487 g/mol. The number of aryl methyl sites for hydroxylation is 1. The molecule has 8 nitrogen and oxygen atoms in total. The molecule has 0 bridgehead atoms. The summed E-state index contributed by atoms with van der Waals surface area (Å²) in [7, 11) is -1.84. The second-order valence-electron chi connectivity index (χ2n) is 8.91. The molecule has 0 atom stereocenters. The molecule has 2 saturated heterocycles. The number of hydrogen-bond acceptors (Lipinski definition) is 6. The Bertz CT molecular complexity index is 1070. The highest BCUT2D eigenvalue weighted by atomic mass is 32.2. The van der Waals surface area contributed by atoms with Crippen LogP contribution in [0.3, 0.4) is 0 Å². The highest BCUT2D eigenvalue weighted by Gasteiger charge is 2.30. The summed E-state index contributed by atoms with van der Waals surface area (Å²) >= 11 is 0. The maximum absolute atomic E-state index is 13.0. The van der Waals surface area contributed by atoms with Crippen LogP contribution in [0.25, 0.3) is 0 Å². The maximum Gasteiger partial charge on any atom is 0.243 e. The summed E-state index contributed by atoms with van der Waals surface area (Å²) in [6.45, 7) is 7.31. The van der Waals surface area contributed by atoms with Crippen molar-refractivity contribution in [3.63, 3.8) is 0 Å². The number of amides is 1. The Morgan fingerprint density at radius 3 is 2.18 bits per heavy atom. The Balaban J connectivity index is 1.27. The van der Waals surface area contributed by atoms with E-state index in [2.05, 4.69) is 21.9 Å². The van der Waals surface area contributed by atoms with Crippen molar-refractivity contribution in [3.8, 4) is 5.75 Å². The number of carbonyl (C=O) groups is 1. The van der Waals surface area contributed by atoms with Gasteiger partial charge in [-0.05, 0) is 49.7 Å². The van der Waals surface area contributed by atoms with Gasteiger partial charge in [0.25, 0.3) is 0 Å². The fraction of sp³-hybridized carbons (Fsp3) is 0.480. The Morgan fingerprint density at radius 1 is 0.853 bits per heavy atom. The molecule has 2 aromatic rings. The highest BCUT2D eigenvalue weighted by Crippen LogP contribution is 2.21. The van der Waals surface area contributed by atoms with Gasteiger partial charge >= 0.3 is 0 Å². The van der Waals surface area contributed by atoms with Gasteiger partial charge < -0.3 is 14.5 Å². The van der Waals surface area contributed by atoms with Crippen molar-refractivity contribution in [3.05, 3.63) is 54.1 Å². The lowest BCUT2D eigenvalue weighted by Crippen LogP contribution is -2.51. The molecule has 0 N–H and O–H groups in total. The molecular formula is C25H34N4O4S. The topological polar surface area (TPSA) is 73.4 Å². The molecule has 0 saturated carbocycles. The van der Waals surface area contributed by atoms with Crippen LogP contribution in [0.2, 0.25) is 0 Å². The Labute approximate surface area is 202 Å². The molecule has 2 heterocycles. The zero-order valence-corrected chi connectivity index (χ0v) is 20.8. The normalized spacial score (nSPS) is 18.5. The van der Waals surface area contributed by atoms with Crippen LogP contribution in [0.5, 0.6) is 5.75 Å². The second kappa shape index (κ2) is 10.8. The Hall–Kier alpha value is -2.62. The number of benzene rings is 2. The monoisotopic (exact) mass is 486 g/mol. The number of nitrogens with zero attached hydrogens (tertiary/aromatic N) is 4. The largest absolute Gasteiger partial charge is 0.497 e. The van der Waals surface area contributed by atoms with Crippen molar-refractivity contribution in [2.45, 2.75) is 18.2 Å². The molecule has 2 aromatic carbocycles. The van der Waals surface area contributed by atoms with Crippen LogP contribution in [0.4, 0.5) is 5.69 Å². The zero-order valence-electron chi connectivity index (χ0n) is 20.0. The lowest BCUT2D eigenvalue weighted by atomic mass is 10.2. The smallest absolute Gasteiger partial charge is 0.243 e. The number of carbonyl (C=O) groups excluding carboxylic acids is 1. The molecule has 184 valence electrons. The quantitative estimate of drug-likeness (QED) is 0.622. The van der Waals surface area contributed by atoms with E-state index in [1.54, 1.807) is 19.2 Å². The van der Waals surface area contributed by atoms with Gasteiger partial charge in [-0.1, -0.05) is 17.7 Å². The minimum atomic E-state index is -3.50. The number of piperazine rings is 1. The molecule has 2 fully saturated rings. The summed E-state index contributed by atoms with van der Waals surface area (Å²) in [6, 6.07) is 15.0. The van der Waals surface area contributed by atoms with E-state index in [4.69, 9.17) is 4.74 Å². The molecular weight excluding hydrogens is 452 g/mol. The number of sulfonamides is 1. The van der Waals surface area contributed by atoms with Gasteiger partial charge in [-0.2, -0.15) is 4.31 Å². The molecule has 0 aromatic heterocycles. The van der Waals surface area contributed by atoms with Crippen LogP contribution in [-0.2, 0) is 14.8 Å². The number of rotatable bonds is 6. The van der Waals surface area contributed by atoms with Gasteiger partial charge in [-0.25, -0.2) is 8.42 Å². The molecule has 0 unspecified atom stereocenters. The van der Waals surface area contributed by atoms with Gasteiger partial charge in [-0.15, -0.1) is 0 Å². The van der Waals surface area contributed by atoms with E-state index in [1.165, 1.54) is 4.31 Å². The Kier molecular flexibility index (Phi) is 7.75. The minimum absolute atomic E-state index is 0.117. The summed E-state index contributed by atoms with van der Waals surface area (Å²) in [4.78, 5) is 19.6. The van der Waals surface area contributed by atoms with Gasteiger partial charge in [0, 0.05) is 58.0 Å². The van der Waals surface area contributed by atoms with E-state index in [0.717, 1.165) is 43.1 Å². The lowest BCUT2D eigenvalue weighted by Gasteiger charge is -2.34. The van der Waals surface area contributed by atoms with Gasteiger partial charge in [0.15, 0.2) is 0 Å². The third-order valence-electron chi connectivity index (χ3n) is 6.64. The molecule has 0 aliphatic carbocycles. The average Bonchev–Trinajstić information content (AvgIpc) is 3.11. The summed E-state index contributed by atoms with van der Waals surface area (Å²) in [5, 5.41) is 0. The summed E-state index contributed by atoms with van der Waals surface area (Å²) < 4.78 is 32.6. The third-order valence-corrected chi connectivity index (χ3v) is 8.55. The number of hydrogen-bond donors (Lipinski definition) is 0. The number of methoxy groups -OCH3 is 1. The molecule has 9 heteroatoms. The summed E-state index contributed by atoms with van der Waals surface area (Å²) in [5.74, 6) is 0.952. The molecule has 2 aliphatic rings. The van der Waals surface area contributed by atoms with Gasteiger partial charge in [0.2, 0.25) is 15.9 Å². The zero-order chi connectivity index (χ0) is 24.1. The van der Waals surface area contributed by atoms with E-state index in [9.17, 15) is 13.2 Å². The van der Waals surface area contributed by atoms with Crippen molar-refractivity contribution in [2.75, 3.05) is 70.9 Å². The Morgan fingerprint density at radius 2 is 1.53 bits per heavy atom. The van der Waals surface area contributed by atoms with Gasteiger partial charge in [0.1, 0.15) is 5.75 Å². The van der Waals surface area contributed by atoms with Crippen LogP contribution in [0.15, 0.2) is 53.4 Å². The lowest BCUT2D eigenvalue weighted by molar-refractivity contribution is -0.132. The van der Waals surface area contributed by atoms with Crippen LogP contribution in [0, 0.1) is 6.92 Å². The first-order valence-corrected chi connectivity index (χ1v) is 13.3. The minimum Gasteiger partial charge on any atom is -0.497 e. The van der Waals surface area contributed by atoms with Gasteiger partial charge in [0.05, 0.1) is 18.6 Å². The second-order valence-corrected chi connectivity index (χ2v) is 10.9. The van der Waals surface area contributed by atoms with E-state index in [-0.39, 0.29) is 5.91 Å². The maximum atomic E-state index is 13.0. The van der Waals surface area contributed by atoms with Crippen LogP contribution >= 0.6 is 0 Å². The molecule has 4 rings (SSSR count). The van der Waals surface area contributed by atoms with Crippen molar-refractivity contribution in [1.82, 2.24) is 14.1 Å². The van der Waals surface area contributed by atoms with E-state index in [0.29, 0.717) is 44.2 Å². The SMILES string of the molecule is COc1ccc(N2CCCN(C(=O)CN3CCN(S(=O)(=O)c4ccc(C)cc4)CC3)CC2)cc1. The van der Waals surface area contributed by atoms with Crippen molar-refractivity contribution in [2.24, 2.45) is 0 Å². The van der Waals surface area contributed by atoms with Crippen LogP contribution in [-0.4, -0.2) is 94.4 Å². The summed E-state index contributed by atoms with van der Waals surface area (Å²) in [5.41, 5.74) is 2.17. The predicted molar refractivity (Wildman–Crippen MR) is 133 cm³/mol.